The lowest BCUT2D eigenvalue weighted by atomic mass is 9.81. The third kappa shape index (κ3) is 4.61. The number of ketones is 2. The van der Waals surface area contributed by atoms with E-state index in [-0.39, 0.29) is 50.5 Å². The van der Waals surface area contributed by atoms with Crippen LogP contribution in [-0.4, -0.2) is 40.6 Å². The van der Waals surface area contributed by atoms with Crippen molar-refractivity contribution in [2.45, 2.75) is 27.7 Å². The van der Waals surface area contributed by atoms with E-state index in [2.05, 4.69) is 0 Å². The van der Waals surface area contributed by atoms with Crippen LogP contribution in [0.15, 0.2) is 30.3 Å². The lowest BCUT2D eigenvalue weighted by Gasteiger charge is -2.23. The Kier molecular flexibility index (Phi) is 6.22. The van der Waals surface area contributed by atoms with Crippen LogP contribution in [-0.2, 0) is 19.2 Å². The Hall–Kier alpha value is -5.06. The van der Waals surface area contributed by atoms with Gasteiger partial charge in [0.2, 0.25) is 5.78 Å². The number of phenols is 1. The number of hydrogen-bond acceptors (Lipinski definition) is 11. The highest BCUT2D eigenvalue weighted by Crippen LogP contribution is 2.46. The first kappa shape index (κ1) is 25.0. The first-order valence-electron chi connectivity index (χ1n) is 10.7. The standard InChI is InChI=1S/C26H18O11/c1-10(27)34-15-5-14-6-17-23(25(32)21(14)19(8-15)36-12(3)29)26(33)22-18(24(17)31)7-16(35-11(2)28)9-20(22)37-13(4)30/h5-9,32H,1-4H3. The van der Waals surface area contributed by atoms with Crippen molar-refractivity contribution in [1.82, 2.24) is 0 Å². The molecule has 0 bridgehead atoms. The van der Waals surface area contributed by atoms with Crippen molar-refractivity contribution in [3.8, 4) is 28.7 Å². The summed E-state index contributed by atoms with van der Waals surface area (Å²) < 4.78 is 20.4. The van der Waals surface area contributed by atoms with Crippen molar-refractivity contribution in [2.24, 2.45) is 0 Å². The van der Waals surface area contributed by atoms with E-state index >= 15 is 0 Å². The van der Waals surface area contributed by atoms with Gasteiger partial charge in [-0.2, -0.15) is 0 Å². The molecular weight excluding hydrogens is 488 g/mol. The summed E-state index contributed by atoms with van der Waals surface area (Å²) in [5.74, 6) is -6.04. The molecule has 11 nitrogen and oxygen atoms in total. The highest BCUT2D eigenvalue weighted by Gasteiger charge is 2.37. The van der Waals surface area contributed by atoms with Crippen LogP contribution in [0.4, 0.5) is 0 Å². The number of aromatic hydroxyl groups is 1. The molecule has 11 heteroatoms. The molecule has 0 radical (unpaired) electrons. The minimum Gasteiger partial charge on any atom is -0.506 e. The number of carbonyl (C=O) groups is 6. The van der Waals surface area contributed by atoms with Gasteiger partial charge in [-0.25, -0.2) is 0 Å². The van der Waals surface area contributed by atoms with Gasteiger partial charge < -0.3 is 24.1 Å². The van der Waals surface area contributed by atoms with Crippen LogP contribution in [0.5, 0.6) is 28.7 Å². The molecule has 37 heavy (non-hydrogen) atoms. The van der Waals surface area contributed by atoms with Crippen molar-refractivity contribution in [2.75, 3.05) is 0 Å². The summed E-state index contributed by atoms with van der Waals surface area (Å²) in [6.45, 7) is 4.46. The molecule has 0 fully saturated rings. The molecule has 188 valence electrons. The summed E-state index contributed by atoms with van der Waals surface area (Å²) in [7, 11) is 0. The zero-order valence-electron chi connectivity index (χ0n) is 19.9. The molecule has 0 atom stereocenters. The van der Waals surface area contributed by atoms with Gasteiger partial charge in [0.1, 0.15) is 28.7 Å². The molecule has 1 aliphatic rings. The van der Waals surface area contributed by atoms with Crippen LogP contribution in [0.1, 0.15) is 59.5 Å². The molecule has 0 aromatic heterocycles. The second-order valence-corrected chi connectivity index (χ2v) is 8.04. The van der Waals surface area contributed by atoms with Gasteiger partial charge in [0.25, 0.3) is 0 Å². The normalized spacial score (nSPS) is 11.9. The topological polar surface area (TPSA) is 160 Å². The number of carbonyl (C=O) groups excluding carboxylic acids is 6. The SMILES string of the molecule is CC(=O)Oc1cc(OC(C)=O)c2c(c1)C(=O)c1cc3cc(OC(C)=O)cc(OC(C)=O)c3c(O)c1C2=O. The van der Waals surface area contributed by atoms with Crippen LogP contribution < -0.4 is 18.9 Å². The molecule has 1 N–H and O–H groups in total. The second kappa shape index (κ2) is 9.19. The van der Waals surface area contributed by atoms with Crippen molar-refractivity contribution in [1.29, 1.82) is 0 Å². The van der Waals surface area contributed by atoms with Crippen LogP contribution in [0.3, 0.4) is 0 Å². The fourth-order valence-corrected chi connectivity index (χ4v) is 4.06. The zero-order valence-corrected chi connectivity index (χ0v) is 19.9. The Balaban J connectivity index is 2.03. The lowest BCUT2D eigenvalue weighted by molar-refractivity contribution is -0.133. The second-order valence-electron chi connectivity index (χ2n) is 8.04. The molecule has 3 aromatic rings. The van der Waals surface area contributed by atoms with Crippen LogP contribution in [0.25, 0.3) is 10.8 Å². The quantitative estimate of drug-likeness (QED) is 0.320. The molecule has 1 aliphatic carbocycles. The smallest absolute Gasteiger partial charge is 0.308 e. The third-order valence-corrected chi connectivity index (χ3v) is 5.20. The highest BCUT2D eigenvalue weighted by molar-refractivity contribution is 6.32. The Morgan fingerprint density at radius 3 is 1.65 bits per heavy atom. The van der Waals surface area contributed by atoms with E-state index in [1.807, 2.05) is 0 Å². The van der Waals surface area contributed by atoms with E-state index in [1.165, 1.54) is 18.2 Å². The maximum absolute atomic E-state index is 13.6. The van der Waals surface area contributed by atoms with Gasteiger partial charge in [-0.05, 0) is 23.6 Å². The average molecular weight is 506 g/mol. The van der Waals surface area contributed by atoms with Crippen molar-refractivity contribution in [3.05, 3.63) is 52.6 Å². The minimum absolute atomic E-state index is 0.0418. The van der Waals surface area contributed by atoms with E-state index < -0.39 is 46.8 Å². The largest absolute Gasteiger partial charge is 0.506 e. The fourth-order valence-electron chi connectivity index (χ4n) is 4.06. The van der Waals surface area contributed by atoms with E-state index in [0.717, 1.165) is 39.8 Å². The molecule has 0 heterocycles. The first-order valence-corrected chi connectivity index (χ1v) is 10.7. The Bertz CT molecular complexity index is 1580. The molecule has 0 amide bonds. The van der Waals surface area contributed by atoms with Gasteiger partial charge in [-0.1, -0.05) is 0 Å². The molecular formula is C26H18O11. The van der Waals surface area contributed by atoms with Crippen LogP contribution in [0.2, 0.25) is 0 Å². The monoisotopic (exact) mass is 506 g/mol. The van der Waals surface area contributed by atoms with Gasteiger partial charge in [-0.15, -0.1) is 0 Å². The molecule has 4 rings (SSSR count). The molecule has 0 saturated heterocycles. The number of rotatable bonds is 4. The third-order valence-electron chi connectivity index (χ3n) is 5.20. The van der Waals surface area contributed by atoms with E-state index in [4.69, 9.17) is 18.9 Å². The van der Waals surface area contributed by atoms with Crippen molar-refractivity contribution >= 4 is 46.2 Å². The first-order chi connectivity index (χ1) is 17.4. The van der Waals surface area contributed by atoms with Gasteiger partial charge in [0.15, 0.2) is 5.78 Å². The van der Waals surface area contributed by atoms with E-state index in [0.29, 0.717) is 0 Å². The molecule has 0 saturated carbocycles. The summed E-state index contributed by atoms with van der Waals surface area (Å²) in [6, 6.07) is 6.00. The van der Waals surface area contributed by atoms with Crippen LogP contribution in [0, 0.1) is 0 Å². The fraction of sp³-hybridized carbons (Fsp3) is 0.154. The summed E-state index contributed by atoms with van der Waals surface area (Å²) >= 11 is 0. The molecule has 0 aliphatic heterocycles. The van der Waals surface area contributed by atoms with Gasteiger partial charge in [0.05, 0.1) is 16.5 Å². The van der Waals surface area contributed by atoms with Crippen LogP contribution >= 0.6 is 0 Å². The summed E-state index contributed by atoms with van der Waals surface area (Å²) in [5, 5.41) is 11.2. The predicted molar refractivity (Wildman–Crippen MR) is 124 cm³/mol. The Morgan fingerprint density at radius 1 is 0.595 bits per heavy atom. The summed E-state index contributed by atoms with van der Waals surface area (Å²) in [6.07, 6.45) is 0. The van der Waals surface area contributed by atoms with Crippen molar-refractivity contribution in [3.63, 3.8) is 0 Å². The maximum Gasteiger partial charge on any atom is 0.308 e. The Labute approximate surface area is 208 Å². The van der Waals surface area contributed by atoms with Gasteiger partial charge in [-0.3, -0.25) is 28.8 Å². The number of phenolic OH excluding ortho intramolecular Hbond substituents is 1. The number of ether oxygens (including phenoxy) is 4. The van der Waals surface area contributed by atoms with E-state index in [9.17, 15) is 33.9 Å². The molecule has 0 unspecified atom stereocenters. The van der Waals surface area contributed by atoms with Crippen molar-refractivity contribution < 1.29 is 52.8 Å². The molecule has 0 spiro atoms. The number of hydrogen-bond donors (Lipinski definition) is 1. The number of esters is 4. The van der Waals surface area contributed by atoms with E-state index in [1.54, 1.807) is 0 Å². The highest BCUT2D eigenvalue weighted by atomic mass is 16.6. The maximum atomic E-state index is 13.6. The Morgan fingerprint density at radius 2 is 1.08 bits per heavy atom. The summed E-state index contributed by atoms with van der Waals surface area (Å²) in [5.41, 5.74) is -1.22. The van der Waals surface area contributed by atoms with Gasteiger partial charge in [0, 0.05) is 51.0 Å². The zero-order chi connectivity index (χ0) is 27.2. The molecule has 3 aromatic carbocycles. The predicted octanol–water partition coefficient (Wildman–Crippen LogP) is 3.02. The number of fused-ring (bicyclic) bond motifs is 3. The van der Waals surface area contributed by atoms with Gasteiger partial charge >= 0.3 is 23.9 Å². The summed E-state index contributed by atoms with van der Waals surface area (Å²) in [4.78, 5) is 73.5. The lowest BCUT2D eigenvalue weighted by Crippen LogP contribution is -2.23. The minimum atomic E-state index is -0.868. The average Bonchev–Trinajstić information content (AvgIpc) is 2.75. The number of benzene rings is 3.